The molecule has 0 saturated heterocycles. The topological polar surface area (TPSA) is 34.5 Å². The summed E-state index contributed by atoms with van der Waals surface area (Å²) >= 11 is 0. The summed E-state index contributed by atoms with van der Waals surface area (Å²) in [5.41, 5.74) is 19.4. The molecule has 328 valence electrons. The highest BCUT2D eigenvalue weighted by molar-refractivity contribution is 6.16. The molecule has 0 N–H and O–H groups in total. The molecule has 0 saturated carbocycles. The molecule has 14 aromatic rings. The average Bonchev–Trinajstić information content (AvgIpc) is 4.11. The van der Waals surface area contributed by atoms with Crippen molar-refractivity contribution in [2.75, 3.05) is 4.90 Å². The van der Waals surface area contributed by atoms with Gasteiger partial charge in [0.15, 0.2) is 0 Å². The fourth-order valence-corrected chi connectivity index (χ4v) is 10.7. The van der Waals surface area contributed by atoms with Gasteiger partial charge in [-0.2, -0.15) is 0 Å². The van der Waals surface area contributed by atoms with Gasteiger partial charge in [-0.15, -0.1) is 0 Å². The van der Waals surface area contributed by atoms with E-state index in [9.17, 15) is 0 Å². The van der Waals surface area contributed by atoms with E-state index in [-0.39, 0.29) is 0 Å². The van der Waals surface area contributed by atoms with Gasteiger partial charge >= 0.3 is 0 Å². The number of anilines is 3. The Balaban J connectivity index is 0.852. The van der Waals surface area contributed by atoms with Gasteiger partial charge in [0.05, 0.1) is 11.0 Å². The van der Waals surface area contributed by atoms with E-state index in [1.807, 2.05) is 18.2 Å². The van der Waals surface area contributed by atoms with E-state index in [2.05, 4.69) is 246 Å². The summed E-state index contributed by atoms with van der Waals surface area (Å²) in [6.07, 6.45) is 0. The van der Waals surface area contributed by atoms with Gasteiger partial charge in [0.2, 0.25) is 0 Å². The van der Waals surface area contributed by atoms with Gasteiger partial charge in [-0.05, 0) is 130 Å². The van der Waals surface area contributed by atoms with Crippen molar-refractivity contribution in [3.8, 4) is 50.2 Å². The molecular formula is C66H42N2O2. The van der Waals surface area contributed by atoms with Gasteiger partial charge < -0.3 is 18.3 Å². The first-order chi connectivity index (χ1) is 34.7. The molecule has 0 unspecified atom stereocenters. The number of furan rings is 2. The molecule has 11 aromatic carbocycles. The molecule has 3 aromatic heterocycles. The minimum atomic E-state index is 0.882. The van der Waals surface area contributed by atoms with Crippen molar-refractivity contribution in [3.63, 3.8) is 0 Å². The van der Waals surface area contributed by atoms with Crippen LogP contribution in [0.2, 0.25) is 0 Å². The molecule has 14 rings (SSSR count). The molecule has 0 fully saturated rings. The molecule has 0 radical (unpaired) electrons. The Labute approximate surface area is 404 Å². The largest absolute Gasteiger partial charge is 0.456 e. The summed E-state index contributed by atoms with van der Waals surface area (Å²) < 4.78 is 15.2. The van der Waals surface area contributed by atoms with E-state index in [1.54, 1.807) is 0 Å². The van der Waals surface area contributed by atoms with E-state index >= 15 is 0 Å². The molecular weight excluding hydrogens is 853 g/mol. The summed E-state index contributed by atoms with van der Waals surface area (Å²) in [6.45, 7) is 0. The van der Waals surface area contributed by atoms with E-state index in [0.29, 0.717) is 0 Å². The standard InChI is InChI=1S/C66H42N2O2/c1-3-13-45(14-4-1)54-20-11-21-57-59-41-47(32-40-63(59)70-66(54)57)43-25-33-50(34-26-43)67(51-35-27-44(28-36-51)48-31-39-56-55-17-8-10-24-62(55)69-64(56)42-48)52-37-29-46(30-38-52)53-19-12-23-61-65(53)58-18-7-9-22-60(58)68(61)49-15-5-2-6-16-49/h1-42H. The van der Waals surface area contributed by atoms with Crippen LogP contribution in [0.5, 0.6) is 0 Å². The van der Waals surface area contributed by atoms with Crippen molar-refractivity contribution in [2.24, 2.45) is 0 Å². The smallest absolute Gasteiger partial charge is 0.143 e. The third kappa shape index (κ3) is 6.53. The van der Waals surface area contributed by atoms with Crippen LogP contribution in [0.4, 0.5) is 17.1 Å². The fraction of sp³-hybridized carbons (Fsp3) is 0. The van der Waals surface area contributed by atoms with E-state index in [4.69, 9.17) is 8.83 Å². The highest BCUT2D eigenvalue weighted by Crippen LogP contribution is 2.43. The number of para-hydroxylation sites is 4. The Morgan fingerprint density at radius 3 is 1.54 bits per heavy atom. The van der Waals surface area contributed by atoms with Crippen LogP contribution < -0.4 is 4.90 Å². The SMILES string of the molecule is c1ccc(-c2cccc3c2oc2ccc(-c4ccc(N(c5ccc(-c6ccc7c(c6)oc6ccccc67)cc5)c5ccc(-c6cccc7c6c6ccccc6n7-c6ccccc6)cc5)cc4)cc23)cc1. The maximum absolute atomic E-state index is 6.53. The van der Waals surface area contributed by atoms with Gasteiger partial charge in [0, 0.05) is 60.6 Å². The van der Waals surface area contributed by atoms with Gasteiger partial charge in [-0.25, -0.2) is 0 Å². The quantitative estimate of drug-likeness (QED) is 0.152. The maximum Gasteiger partial charge on any atom is 0.143 e. The predicted octanol–water partition coefficient (Wildman–Crippen LogP) is 18.7. The zero-order valence-electron chi connectivity index (χ0n) is 38.0. The van der Waals surface area contributed by atoms with Gasteiger partial charge in [-0.1, -0.05) is 164 Å². The van der Waals surface area contributed by atoms with Crippen molar-refractivity contribution < 1.29 is 8.83 Å². The third-order valence-corrected chi connectivity index (χ3v) is 14.0. The fourth-order valence-electron chi connectivity index (χ4n) is 10.7. The van der Waals surface area contributed by atoms with Crippen molar-refractivity contribution in [1.29, 1.82) is 0 Å². The zero-order chi connectivity index (χ0) is 46.1. The summed E-state index contributed by atoms with van der Waals surface area (Å²) in [4.78, 5) is 2.35. The minimum Gasteiger partial charge on any atom is -0.456 e. The van der Waals surface area contributed by atoms with E-state index in [0.717, 1.165) is 106 Å². The van der Waals surface area contributed by atoms with Crippen molar-refractivity contribution >= 4 is 82.7 Å². The molecule has 70 heavy (non-hydrogen) atoms. The van der Waals surface area contributed by atoms with Crippen LogP contribution in [-0.4, -0.2) is 4.57 Å². The Morgan fingerprint density at radius 2 is 0.800 bits per heavy atom. The lowest BCUT2D eigenvalue weighted by molar-refractivity contribution is 0.669. The molecule has 0 bridgehead atoms. The Kier molecular flexibility index (Phi) is 9.17. The number of hydrogen-bond donors (Lipinski definition) is 0. The predicted molar refractivity (Wildman–Crippen MR) is 292 cm³/mol. The van der Waals surface area contributed by atoms with E-state index in [1.165, 1.54) is 27.4 Å². The third-order valence-electron chi connectivity index (χ3n) is 14.0. The summed E-state index contributed by atoms with van der Waals surface area (Å²) in [5, 5.41) is 6.97. The average molecular weight is 895 g/mol. The second-order valence-electron chi connectivity index (χ2n) is 18.0. The minimum absolute atomic E-state index is 0.882. The summed E-state index contributed by atoms with van der Waals surface area (Å²) in [6, 6.07) is 91.1. The van der Waals surface area contributed by atoms with Crippen molar-refractivity contribution in [3.05, 3.63) is 255 Å². The van der Waals surface area contributed by atoms with Crippen LogP contribution in [0.15, 0.2) is 264 Å². The number of aromatic nitrogens is 1. The van der Waals surface area contributed by atoms with Crippen LogP contribution in [0.25, 0.3) is 116 Å². The summed E-state index contributed by atoms with van der Waals surface area (Å²) in [7, 11) is 0. The molecule has 0 atom stereocenters. The van der Waals surface area contributed by atoms with Crippen LogP contribution in [-0.2, 0) is 0 Å². The summed E-state index contributed by atoms with van der Waals surface area (Å²) in [5.74, 6) is 0. The molecule has 4 heteroatoms. The number of rotatable bonds is 8. The molecule has 0 aliphatic heterocycles. The molecule has 0 amide bonds. The zero-order valence-corrected chi connectivity index (χ0v) is 38.0. The monoisotopic (exact) mass is 894 g/mol. The second kappa shape index (κ2) is 16.2. The van der Waals surface area contributed by atoms with Crippen LogP contribution in [0.1, 0.15) is 0 Å². The molecule has 3 heterocycles. The number of fused-ring (bicyclic) bond motifs is 9. The van der Waals surface area contributed by atoms with Crippen LogP contribution in [0.3, 0.4) is 0 Å². The highest BCUT2D eigenvalue weighted by Gasteiger charge is 2.19. The lowest BCUT2D eigenvalue weighted by Gasteiger charge is -2.26. The highest BCUT2D eigenvalue weighted by atomic mass is 16.3. The lowest BCUT2D eigenvalue weighted by atomic mass is 9.98. The molecule has 0 spiro atoms. The molecule has 0 aliphatic rings. The number of nitrogens with zero attached hydrogens (tertiary/aromatic N) is 2. The van der Waals surface area contributed by atoms with Crippen LogP contribution in [0, 0.1) is 0 Å². The first-order valence-corrected chi connectivity index (χ1v) is 23.8. The van der Waals surface area contributed by atoms with Crippen molar-refractivity contribution in [2.45, 2.75) is 0 Å². The Hall–Kier alpha value is -9.38. The lowest BCUT2D eigenvalue weighted by Crippen LogP contribution is -2.09. The number of hydrogen-bond acceptors (Lipinski definition) is 3. The first kappa shape index (κ1) is 39.8. The normalized spacial score (nSPS) is 11.7. The maximum atomic E-state index is 6.53. The van der Waals surface area contributed by atoms with E-state index < -0.39 is 0 Å². The van der Waals surface area contributed by atoms with Crippen molar-refractivity contribution in [1.82, 2.24) is 4.57 Å². The van der Waals surface area contributed by atoms with Gasteiger partial charge in [0.25, 0.3) is 0 Å². The molecule has 0 aliphatic carbocycles. The van der Waals surface area contributed by atoms with Gasteiger partial charge in [-0.3, -0.25) is 0 Å². The number of benzene rings is 11. The first-order valence-electron chi connectivity index (χ1n) is 23.8. The van der Waals surface area contributed by atoms with Crippen LogP contribution >= 0.6 is 0 Å². The second-order valence-corrected chi connectivity index (χ2v) is 18.0. The van der Waals surface area contributed by atoms with Gasteiger partial charge in [0.1, 0.15) is 22.3 Å². The molecule has 4 nitrogen and oxygen atoms in total. The Bertz CT molecular complexity index is 4260. The Morgan fingerprint density at radius 1 is 0.286 bits per heavy atom.